The van der Waals surface area contributed by atoms with Gasteiger partial charge in [-0.3, -0.25) is 0 Å². The molecule has 3 nitrogen and oxygen atoms in total. The van der Waals surface area contributed by atoms with Crippen molar-refractivity contribution < 1.29 is 4.74 Å². The van der Waals surface area contributed by atoms with Crippen LogP contribution in [0.2, 0.25) is 0 Å². The molecule has 16 heavy (non-hydrogen) atoms. The molecular formula is C13H24N2O. The summed E-state index contributed by atoms with van der Waals surface area (Å²) in [6, 6.07) is 0.790. The second-order valence-corrected chi connectivity index (χ2v) is 5.65. The minimum atomic E-state index is 0.565. The summed E-state index contributed by atoms with van der Waals surface area (Å²) in [6.07, 6.45) is 7.20. The molecule has 1 N–H and O–H groups in total. The molecule has 3 unspecified atom stereocenters. The minimum absolute atomic E-state index is 0.565. The first-order valence-corrected chi connectivity index (χ1v) is 6.99. The van der Waals surface area contributed by atoms with E-state index in [4.69, 9.17) is 4.74 Å². The van der Waals surface area contributed by atoms with Crippen LogP contribution in [-0.4, -0.2) is 49.8 Å². The molecule has 3 saturated heterocycles. The molecule has 3 atom stereocenters. The zero-order valence-corrected chi connectivity index (χ0v) is 10.2. The fraction of sp³-hybridized carbons (Fsp3) is 1.00. The Kier molecular flexibility index (Phi) is 3.46. The second kappa shape index (κ2) is 5.03. The van der Waals surface area contributed by atoms with Crippen molar-refractivity contribution in [1.82, 2.24) is 10.2 Å². The lowest BCUT2D eigenvalue weighted by Gasteiger charge is -2.24. The SMILES string of the molecule is C1COC(CCN2CC3CCCNC3C2)C1. The van der Waals surface area contributed by atoms with E-state index >= 15 is 0 Å². The third kappa shape index (κ3) is 2.41. The van der Waals surface area contributed by atoms with Gasteiger partial charge in [0.25, 0.3) is 0 Å². The summed E-state index contributed by atoms with van der Waals surface area (Å²) >= 11 is 0. The predicted octanol–water partition coefficient (Wildman–Crippen LogP) is 1.24. The lowest BCUT2D eigenvalue weighted by Crippen LogP contribution is -2.40. The number of hydrogen-bond acceptors (Lipinski definition) is 3. The fourth-order valence-electron chi connectivity index (χ4n) is 3.52. The van der Waals surface area contributed by atoms with Gasteiger partial charge in [0.15, 0.2) is 0 Å². The summed E-state index contributed by atoms with van der Waals surface area (Å²) < 4.78 is 5.69. The monoisotopic (exact) mass is 224 g/mol. The highest BCUT2D eigenvalue weighted by Crippen LogP contribution is 2.25. The van der Waals surface area contributed by atoms with E-state index in [2.05, 4.69) is 10.2 Å². The number of nitrogens with zero attached hydrogens (tertiary/aromatic N) is 1. The van der Waals surface area contributed by atoms with Crippen LogP contribution in [0.5, 0.6) is 0 Å². The largest absolute Gasteiger partial charge is 0.378 e. The van der Waals surface area contributed by atoms with Crippen LogP contribution in [0.25, 0.3) is 0 Å². The molecule has 3 fully saturated rings. The molecule has 0 radical (unpaired) electrons. The van der Waals surface area contributed by atoms with Gasteiger partial charge in [-0.2, -0.15) is 0 Å². The van der Waals surface area contributed by atoms with Crippen LogP contribution in [-0.2, 0) is 4.74 Å². The average Bonchev–Trinajstić information content (AvgIpc) is 2.95. The quantitative estimate of drug-likeness (QED) is 0.780. The molecular weight excluding hydrogens is 200 g/mol. The number of ether oxygens (including phenoxy) is 1. The highest BCUT2D eigenvalue weighted by molar-refractivity contribution is 4.91. The van der Waals surface area contributed by atoms with Gasteiger partial charge in [0.2, 0.25) is 0 Å². The second-order valence-electron chi connectivity index (χ2n) is 5.65. The van der Waals surface area contributed by atoms with Crippen LogP contribution >= 0.6 is 0 Å². The number of hydrogen-bond donors (Lipinski definition) is 1. The van der Waals surface area contributed by atoms with Gasteiger partial charge in [-0.25, -0.2) is 0 Å². The third-order valence-corrected chi connectivity index (χ3v) is 4.47. The molecule has 0 saturated carbocycles. The molecule has 3 rings (SSSR count). The van der Waals surface area contributed by atoms with E-state index in [1.807, 2.05) is 0 Å². The Morgan fingerprint density at radius 1 is 1.19 bits per heavy atom. The molecule has 3 aliphatic heterocycles. The van der Waals surface area contributed by atoms with Crippen molar-refractivity contribution in [3.8, 4) is 0 Å². The molecule has 3 heterocycles. The van der Waals surface area contributed by atoms with E-state index in [1.165, 1.54) is 58.3 Å². The Bertz CT molecular complexity index is 214. The standard InChI is InChI=1S/C13H24N2O/c1-3-11-9-15(10-13(11)14-6-1)7-5-12-4-2-8-16-12/h11-14H,1-10H2. The van der Waals surface area contributed by atoms with Gasteiger partial charge in [-0.15, -0.1) is 0 Å². The molecule has 92 valence electrons. The first-order valence-electron chi connectivity index (χ1n) is 6.99. The summed E-state index contributed by atoms with van der Waals surface area (Å²) in [5.74, 6) is 0.929. The van der Waals surface area contributed by atoms with Crippen molar-refractivity contribution in [3.63, 3.8) is 0 Å². The van der Waals surface area contributed by atoms with Gasteiger partial charge in [0, 0.05) is 32.3 Å². The van der Waals surface area contributed by atoms with Crippen LogP contribution in [0.15, 0.2) is 0 Å². The first-order chi connectivity index (χ1) is 7.92. The summed E-state index contributed by atoms with van der Waals surface area (Å²) in [7, 11) is 0. The van der Waals surface area contributed by atoms with Gasteiger partial charge >= 0.3 is 0 Å². The molecule has 0 bridgehead atoms. The van der Waals surface area contributed by atoms with Crippen molar-refractivity contribution in [2.45, 2.75) is 44.2 Å². The summed E-state index contributed by atoms with van der Waals surface area (Å²) in [4.78, 5) is 2.65. The number of fused-ring (bicyclic) bond motifs is 1. The Morgan fingerprint density at radius 2 is 2.19 bits per heavy atom. The fourth-order valence-corrected chi connectivity index (χ4v) is 3.52. The zero-order valence-electron chi connectivity index (χ0n) is 10.2. The summed E-state index contributed by atoms with van der Waals surface area (Å²) in [5, 5.41) is 3.67. The van der Waals surface area contributed by atoms with E-state index in [0.717, 1.165) is 18.6 Å². The van der Waals surface area contributed by atoms with E-state index in [9.17, 15) is 0 Å². The third-order valence-electron chi connectivity index (χ3n) is 4.47. The van der Waals surface area contributed by atoms with E-state index < -0.39 is 0 Å². The Balaban J connectivity index is 1.42. The van der Waals surface area contributed by atoms with Gasteiger partial charge in [-0.05, 0) is 44.6 Å². The Hall–Kier alpha value is -0.120. The molecule has 0 spiro atoms. The molecule has 3 heteroatoms. The van der Waals surface area contributed by atoms with E-state index in [0.29, 0.717) is 6.10 Å². The van der Waals surface area contributed by atoms with Crippen LogP contribution in [0.1, 0.15) is 32.1 Å². The number of nitrogens with one attached hydrogen (secondary N) is 1. The lowest BCUT2D eigenvalue weighted by molar-refractivity contribution is 0.0944. The van der Waals surface area contributed by atoms with Crippen LogP contribution in [0.4, 0.5) is 0 Å². The topological polar surface area (TPSA) is 24.5 Å². The predicted molar refractivity (Wildman–Crippen MR) is 64.5 cm³/mol. The molecule has 0 aromatic heterocycles. The molecule has 0 aliphatic carbocycles. The van der Waals surface area contributed by atoms with Gasteiger partial charge in [0.1, 0.15) is 0 Å². The van der Waals surface area contributed by atoms with E-state index in [1.54, 1.807) is 0 Å². The first kappa shape index (κ1) is 11.0. The molecule has 0 aromatic rings. The van der Waals surface area contributed by atoms with Gasteiger partial charge in [0.05, 0.1) is 6.10 Å². The van der Waals surface area contributed by atoms with Gasteiger partial charge < -0.3 is 15.0 Å². The van der Waals surface area contributed by atoms with Crippen LogP contribution in [0, 0.1) is 5.92 Å². The highest BCUT2D eigenvalue weighted by Gasteiger charge is 2.34. The van der Waals surface area contributed by atoms with Crippen molar-refractivity contribution in [3.05, 3.63) is 0 Å². The molecule has 0 amide bonds. The van der Waals surface area contributed by atoms with Crippen molar-refractivity contribution >= 4 is 0 Å². The van der Waals surface area contributed by atoms with E-state index in [-0.39, 0.29) is 0 Å². The van der Waals surface area contributed by atoms with Crippen LogP contribution < -0.4 is 5.32 Å². The highest BCUT2D eigenvalue weighted by atomic mass is 16.5. The zero-order chi connectivity index (χ0) is 10.8. The van der Waals surface area contributed by atoms with Crippen molar-refractivity contribution in [2.24, 2.45) is 5.92 Å². The number of likely N-dealkylation sites (tertiary alicyclic amines) is 1. The lowest BCUT2D eigenvalue weighted by atomic mass is 9.94. The number of piperidine rings is 1. The maximum absolute atomic E-state index is 5.69. The maximum Gasteiger partial charge on any atom is 0.0588 e. The average molecular weight is 224 g/mol. The smallest absolute Gasteiger partial charge is 0.0588 e. The Labute approximate surface area is 98.5 Å². The normalized spacial score (nSPS) is 40.1. The molecule has 3 aliphatic rings. The molecule has 0 aromatic carbocycles. The summed E-state index contributed by atoms with van der Waals surface area (Å²) in [5.41, 5.74) is 0. The summed E-state index contributed by atoms with van der Waals surface area (Å²) in [6.45, 7) is 6.08. The minimum Gasteiger partial charge on any atom is -0.378 e. The Morgan fingerprint density at radius 3 is 3.00 bits per heavy atom. The van der Waals surface area contributed by atoms with Gasteiger partial charge in [-0.1, -0.05) is 0 Å². The maximum atomic E-state index is 5.69. The van der Waals surface area contributed by atoms with Crippen molar-refractivity contribution in [2.75, 3.05) is 32.8 Å². The number of rotatable bonds is 3. The van der Waals surface area contributed by atoms with Crippen LogP contribution in [0.3, 0.4) is 0 Å². The van der Waals surface area contributed by atoms with Crippen molar-refractivity contribution in [1.29, 1.82) is 0 Å².